The monoisotopic (exact) mass is 276 g/mol. The number of aliphatic carboxylic acids is 1. The van der Waals surface area contributed by atoms with E-state index in [1.165, 1.54) is 12.1 Å². The zero-order chi connectivity index (χ0) is 14.1. The fraction of sp³-hybridized carbons (Fsp3) is 0.467. The molecule has 0 atom stereocenters. The molecule has 0 amide bonds. The number of hydrogen-bond acceptors (Lipinski definition) is 2. The van der Waals surface area contributed by atoms with E-state index in [9.17, 15) is 9.18 Å². The van der Waals surface area contributed by atoms with Crippen molar-refractivity contribution in [3.63, 3.8) is 0 Å². The number of aromatic nitrogens is 2. The van der Waals surface area contributed by atoms with Gasteiger partial charge in [0.2, 0.25) is 0 Å². The molecule has 106 valence electrons. The summed E-state index contributed by atoms with van der Waals surface area (Å²) in [6.07, 6.45) is 5.10. The molecule has 1 fully saturated rings. The lowest BCUT2D eigenvalue weighted by atomic mass is 9.82. The molecule has 2 aromatic rings. The number of benzene rings is 1. The zero-order valence-electron chi connectivity index (χ0n) is 11.1. The van der Waals surface area contributed by atoms with Gasteiger partial charge in [0.1, 0.15) is 5.82 Å². The fourth-order valence-electron chi connectivity index (χ4n) is 3.05. The lowest BCUT2D eigenvalue weighted by Gasteiger charge is -2.26. The molecule has 20 heavy (non-hydrogen) atoms. The minimum absolute atomic E-state index is 0.181. The molecule has 1 heterocycles. The maximum Gasteiger partial charge on any atom is 0.306 e. The van der Waals surface area contributed by atoms with Gasteiger partial charge in [0.05, 0.1) is 23.3 Å². The van der Waals surface area contributed by atoms with Gasteiger partial charge in [-0.05, 0) is 43.7 Å². The van der Waals surface area contributed by atoms with Crippen molar-refractivity contribution in [1.82, 2.24) is 9.55 Å². The molecule has 1 saturated carbocycles. The van der Waals surface area contributed by atoms with Crippen LogP contribution in [0.1, 0.15) is 25.7 Å². The van der Waals surface area contributed by atoms with E-state index in [2.05, 4.69) is 4.98 Å². The largest absolute Gasteiger partial charge is 0.481 e. The summed E-state index contributed by atoms with van der Waals surface area (Å²) in [4.78, 5) is 15.2. The molecule has 4 nitrogen and oxygen atoms in total. The second-order valence-corrected chi connectivity index (χ2v) is 5.59. The van der Waals surface area contributed by atoms with Crippen LogP contribution in [0, 0.1) is 17.7 Å². The number of carboxylic acid groups (broad SMARTS) is 1. The lowest BCUT2D eigenvalue weighted by Crippen LogP contribution is -2.23. The molecule has 0 spiro atoms. The minimum atomic E-state index is -0.674. The van der Waals surface area contributed by atoms with Crippen molar-refractivity contribution in [2.24, 2.45) is 11.8 Å². The molecule has 3 rings (SSSR count). The highest BCUT2D eigenvalue weighted by Gasteiger charge is 2.26. The Kier molecular flexibility index (Phi) is 3.42. The van der Waals surface area contributed by atoms with Crippen molar-refractivity contribution in [3.05, 3.63) is 30.3 Å². The Morgan fingerprint density at radius 3 is 2.80 bits per heavy atom. The van der Waals surface area contributed by atoms with Crippen LogP contribution >= 0.6 is 0 Å². The molecule has 0 bridgehead atoms. The molecule has 0 radical (unpaired) electrons. The van der Waals surface area contributed by atoms with Crippen molar-refractivity contribution < 1.29 is 14.3 Å². The van der Waals surface area contributed by atoms with E-state index in [1.807, 2.05) is 4.57 Å². The number of fused-ring (bicyclic) bond motifs is 1. The number of nitrogens with zero attached hydrogens (tertiary/aromatic N) is 2. The van der Waals surface area contributed by atoms with Gasteiger partial charge in [0.15, 0.2) is 0 Å². The molecule has 1 aliphatic rings. The van der Waals surface area contributed by atoms with Crippen LogP contribution in [0.25, 0.3) is 11.0 Å². The molecule has 1 aliphatic carbocycles. The molecule has 1 N–H and O–H groups in total. The highest BCUT2D eigenvalue weighted by Crippen LogP contribution is 2.30. The minimum Gasteiger partial charge on any atom is -0.481 e. The molecule has 0 unspecified atom stereocenters. The van der Waals surface area contributed by atoms with Crippen LogP contribution in [0.15, 0.2) is 24.5 Å². The third-order valence-corrected chi connectivity index (χ3v) is 4.23. The standard InChI is InChI=1S/C15H17FN2O2/c16-12-5-6-14-13(7-12)17-9-18(14)8-10-1-3-11(4-2-10)15(19)20/h5-7,9-11H,1-4,8H2,(H,19,20)/t10-,11-. The summed E-state index contributed by atoms with van der Waals surface area (Å²) in [5.41, 5.74) is 1.61. The SMILES string of the molecule is O=C(O)[C@H]1CC[C@H](Cn2cnc3cc(F)ccc32)CC1. The van der Waals surface area contributed by atoms with Crippen LogP contribution in [0.2, 0.25) is 0 Å². The molecule has 1 aromatic carbocycles. The number of carboxylic acids is 1. The van der Waals surface area contributed by atoms with Gasteiger partial charge < -0.3 is 9.67 Å². The summed E-state index contributed by atoms with van der Waals surface area (Å²) >= 11 is 0. The van der Waals surface area contributed by atoms with Crippen LogP contribution in [0.5, 0.6) is 0 Å². The number of halogens is 1. The molecular formula is C15H17FN2O2. The van der Waals surface area contributed by atoms with E-state index in [4.69, 9.17) is 5.11 Å². The van der Waals surface area contributed by atoms with E-state index in [-0.39, 0.29) is 11.7 Å². The van der Waals surface area contributed by atoms with Gasteiger partial charge in [-0.1, -0.05) is 0 Å². The fourth-order valence-corrected chi connectivity index (χ4v) is 3.05. The maximum atomic E-state index is 13.1. The van der Waals surface area contributed by atoms with Gasteiger partial charge in [-0.2, -0.15) is 0 Å². The Labute approximate surface area is 116 Å². The first kappa shape index (κ1) is 13.1. The molecule has 1 aromatic heterocycles. The number of hydrogen-bond donors (Lipinski definition) is 1. The van der Waals surface area contributed by atoms with Gasteiger partial charge in [-0.3, -0.25) is 4.79 Å². The third-order valence-electron chi connectivity index (χ3n) is 4.23. The summed E-state index contributed by atoms with van der Waals surface area (Å²) in [7, 11) is 0. The van der Waals surface area contributed by atoms with Gasteiger partial charge in [0.25, 0.3) is 0 Å². The normalized spacial score (nSPS) is 23.1. The second-order valence-electron chi connectivity index (χ2n) is 5.59. The summed E-state index contributed by atoms with van der Waals surface area (Å²) in [6.45, 7) is 0.828. The summed E-state index contributed by atoms with van der Waals surface area (Å²) in [6, 6.07) is 4.63. The first-order chi connectivity index (χ1) is 9.63. The predicted molar refractivity (Wildman–Crippen MR) is 72.8 cm³/mol. The number of carbonyl (C=O) groups is 1. The lowest BCUT2D eigenvalue weighted by molar-refractivity contribution is -0.143. The van der Waals surface area contributed by atoms with Crippen LogP contribution in [-0.2, 0) is 11.3 Å². The van der Waals surface area contributed by atoms with Gasteiger partial charge in [-0.25, -0.2) is 9.37 Å². The Bertz CT molecular complexity index is 630. The molecule has 0 saturated heterocycles. The van der Waals surface area contributed by atoms with Crippen molar-refractivity contribution in [2.45, 2.75) is 32.2 Å². The molecular weight excluding hydrogens is 259 g/mol. The van der Waals surface area contributed by atoms with Crippen molar-refractivity contribution >= 4 is 17.0 Å². The maximum absolute atomic E-state index is 13.1. The zero-order valence-corrected chi connectivity index (χ0v) is 11.1. The van der Waals surface area contributed by atoms with E-state index >= 15 is 0 Å². The predicted octanol–water partition coefficient (Wildman–Crippen LogP) is 3.07. The highest BCUT2D eigenvalue weighted by molar-refractivity contribution is 5.75. The van der Waals surface area contributed by atoms with E-state index in [1.54, 1.807) is 12.4 Å². The number of imidazole rings is 1. The van der Waals surface area contributed by atoms with Gasteiger partial charge in [0, 0.05) is 12.6 Å². The van der Waals surface area contributed by atoms with Crippen LogP contribution in [-0.4, -0.2) is 20.6 Å². The van der Waals surface area contributed by atoms with Crippen molar-refractivity contribution in [2.75, 3.05) is 0 Å². The second kappa shape index (κ2) is 5.23. The first-order valence-electron chi connectivity index (χ1n) is 6.96. The Balaban J connectivity index is 1.70. The topological polar surface area (TPSA) is 55.1 Å². The summed E-state index contributed by atoms with van der Waals surface area (Å²) in [5, 5.41) is 9.00. The summed E-state index contributed by atoms with van der Waals surface area (Å²) < 4.78 is 15.2. The van der Waals surface area contributed by atoms with Crippen molar-refractivity contribution in [1.29, 1.82) is 0 Å². The Morgan fingerprint density at radius 1 is 1.35 bits per heavy atom. The Hall–Kier alpha value is -1.91. The highest BCUT2D eigenvalue weighted by atomic mass is 19.1. The first-order valence-corrected chi connectivity index (χ1v) is 6.96. The van der Waals surface area contributed by atoms with Crippen LogP contribution < -0.4 is 0 Å². The van der Waals surface area contributed by atoms with E-state index in [0.29, 0.717) is 11.4 Å². The van der Waals surface area contributed by atoms with Crippen LogP contribution in [0.4, 0.5) is 4.39 Å². The average molecular weight is 276 g/mol. The molecule has 0 aliphatic heterocycles. The van der Waals surface area contributed by atoms with Gasteiger partial charge >= 0.3 is 5.97 Å². The van der Waals surface area contributed by atoms with E-state index < -0.39 is 5.97 Å². The molecule has 5 heteroatoms. The van der Waals surface area contributed by atoms with E-state index in [0.717, 1.165) is 37.7 Å². The van der Waals surface area contributed by atoms with Crippen molar-refractivity contribution in [3.8, 4) is 0 Å². The smallest absolute Gasteiger partial charge is 0.306 e. The third kappa shape index (κ3) is 2.53. The average Bonchev–Trinajstić information content (AvgIpc) is 2.81. The van der Waals surface area contributed by atoms with Crippen LogP contribution in [0.3, 0.4) is 0 Å². The quantitative estimate of drug-likeness (QED) is 0.937. The Morgan fingerprint density at radius 2 is 2.10 bits per heavy atom. The summed E-state index contributed by atoms with van der Waals surface area (Å²) in [5.74, 6) is -0.648. The van der Waals surface area contributed by atoms with Gasteiger partial charge in [-0.15, -0.1) is 0 Å². The number of rotatable bonds is 3.